The normalized spacial score (nSPS) is 28.2. The number of carboxylic acids is 1. The molecule has 1 saturated heterocycles. The first-order chi connectivity index (χ1) is 8.43. The number of halogens is 1. The van der Waals surface area contributed by atoms with Crippen molar-refractivity contribution in [1.82, 2.24) is 9.97 Å². The summed E-state index contributed by atoms with van der Waals surface area (Å²) >= 11 is 3.25. The van der Waals surface area contributed by atoms with E-state index in [-0.39, 0.29) is 6.54 Å². The van der Waals surface area contributed by atoms with Crippen molar-refractivity contribution in [2.24, 2.45) is 5.41 Å². The van der Waals surface area contributed by atoms with Gasteiger partial charge in [-0.2, -0.15) is 0 Å². The zero-order valence-electron chi connectivity index (χ0n) is 9.88. The number of aromatic nitrogens is 2. The Balaban J connectivity index is 2.22. The molecule has 2 rings (SSSR count). The van der Waals surface area contributed by atoms with Gasteiger partial charge in [0, 0.05) is 25.5 Å². The van der Waals surface area contributed by atoms with Crippen molar-refractivity contribution in [3.8, 4) is 0 Å². The van der Waals surface area contributed by atoms with Crippen LogP contribution in [0, 0.1) is 5.41 Å². The van der Waals surface area contributed by atoms with Crippen LogP contribution in [0.15, 0.2) is 16.9 Å². The molecule has 0 aliphatic carbocycles. The van der Waals surface area contributed by atoms with Crippen LogP contribution in [0.3, 0.4) is 0 Å². The summed E-state index contributed by atoms with van der Waals surface area (Å²) in [5.74, 6) is -0.519. The first-order valence-corrected chi connectivity index (χ1v) is 6.37. The summed E-state index contributed by atoms with van der Waals surface area (Å²) in [6.07, 6.45) is 2.78. The highest BCUT2D eigenvalue weighted by molar-refractivity contribution is 9.10. The first-order valence-electron chi connectivity index (χ1n) is 5.57. The average molecular weight is 316 g/mol. The molecule has 1 aliphatic rings. The number of aliphatic hydroxyl groups excluding tert-OH is 1. The van der Waals surface area contributed by atoms with Gasteiger partial charge in [-0.3, -0.25) is 4.79 Å². The fourth-order valence-corrected chi connectivity index (χ4v) is 2.23. The van der Waals surface area contributed by atoms with E-state index in [0.717, 1.165) is 4.47 Å². The summed E-state index contributed by atoms with van der Waals surface area (Å²) in [6.45, 7) is 2.29. The van der Waals surface area contributed by atoms with Crippen molar-refractivity contribution in [3.05, 3.63) is 16.9 Å². The molecule has 18 heavy (non-hydrogen) atoms. The van der Waals surface area contributed by atoms with Crippen LogP contribution in [-0.4, -0.2) is 45.3 Å². The Kier molecular flexibility index (Phi) is 3.54. The summed E-state index contributed by atoms with van der Waals surface area (Å²) < 4.78 is 0.768. The number of nitrogens with zero attached hydrogens (tertiary/aromatic N) is 3. The molecule has 2 N–H and O–H groups in total. The number of anilines is 1. The topological polar surface area (TPSA) is 86.5 Å². The molecular formula is C11H14BrN3O3. The minimum atomic E-state index is -1.19. The van der Waals surface area contributed by atoms with E-state index in [1.807, 2.05) is 0 Å². The fourth-order valence-electron chi connectivity index (χ4n) is 2.03. The van der Waals surface area contributed by atoms with Crippen LogP contribution in [0.1, 0.15) is 13.3 Å². The van der Waals surface area contributed by atoms with Crippen LogP contribution in [0.4, 0.5) is 5.95 Å². The fraction of sp³-hybridized carbons (Fsp3) is 0.545. The van der Waals surface area contributed by atoms with Crippen molar-refractivity contribution in [3.63, 3.8) is 0 Å². The number of aliphatic carboxylic acids is 1. The molecule has 0 bridgehead atoms. The van der Waals surface area contributed by atoms with E-state index in [1.54, 1.807) is 24.2 Å². The molecule has 1 fully saturated rings. The monoisotopic (exact) mass is 315 g/mol. The van der Waals surface area contributed by atoms with Gasteiger partial charge in [0.2, 0.25) is 5.95 Å². The van der Waals surface area contributed by atoms with E-state index in [9.17, 15) is 15.0 Å². The third kappa shape index (κ3) is 2.32. The van der Waals surface area contributed by atoms with E-state index >= 15 is 0 Å². The molecule has 0 saturated carbocycles. The van der Waals surface area contributed by atoms with E-state index in [0.29, 0.717) is 18.9 Å². The zero-order valence-corrected chi connectivity index (χ0v) is 11.5. The maximum absolute atomic E-state index is 11.3. The standard InChI is InChI=1S/C11H14BrN3O3/c1-11(9(17)18)6-15(3-2-8(11)16)10-13-4-7(12)5-14-10/h4-5,8,16H,2-3,6H2,1H3,(H,17,18). The molecule has 1 aromatic rings. The lowest BCUT2D eigenvalue weighted by Crippen LogP contribution is -2.54. The molecular weight excluding hydrogens is 302 g/mol. The summed E-state index contributed by atoms with van der Waals surface area (Å²) in [5.41, 5.74) is -1.19. The number of hydrogen-bond acceptors (Lipinski definition) is 5. The van der Waals surface area contributed by atoms with Gasteiger partial charge in [-0.15, -0.1) is 0 Å². The number of hydrogen-bond donors (Lipinski definition) is 2. The maximum Gasteiger partial charge on any atom is 0.313 e. The molecule has 2 atom stereocenters. The third-order valence-electron chi connectivity index (χ3n) is 3.31. The van der Waals surface area contributed by atoms with Gasteiger partial charge in [-0.05, 0) is 29.3 Å². The molecule has 1 aromatic heterocycles. The van der Waals surface area contributed by atoms with Gasteiger partial charge in [-0.1, -0.05) is 0 Å². The molecule has 0 spiro atoms. The van der Waals surface area contributed by atoms with Gasteiger partial charge in [0.05, 0.1) is 10.6 Å². The molecule has 0 aromatic carbocycles. The predicted octanol–water partition coefficient (Wildman–Crippen LogP) is 0.901. The second kappa shape index (κ2) is 4.81. The summed E-state index contributed by atoms with van der Waals surface area (Å²) in [6, 6.07) is 0. The molecule has 1 aliphatic heterocycles. The minimum absolute atomic E-state index is 0.200. The van der Waals surface area contributed by atoms with E-state index < -0.39 is 17.5 Å². The first kappa shape index (κ1) is 13.2. The summed E-state index contributed by atoms with van der Waals surface area (Å²) in [7, 11) is 0. The Hall–Kier alpha value is -1.21. The van der Waals surface area contributed by atoms with E-state index in [2.05, 4.69) is 25.9 Å². The van der Waals surface area contributed by atoms with Gasteiger partial charge in [0.15, 0.2) is 0 Å². The van der Waals surface area contributed by atoms with Crippen molar-refractivity contribution in [1.29, 1.82) is 0 Å². The number of aliphatic hydroxyl groups is 1. The van der Waals surface area contributed by atoms with Gasteiger partial charge in [0.25, 0.3) is 0 Å². The number of carbonyl (C=O) groups is 1. The number of rotatable bonds is 2. The van der Waals surface area contributed by atoms with E-state index in [1.165, 1.54) is 0 Å². The average Bonchev–Trinajstić information content (AvgIpc) is 2.33. The second-order valence-corrected chi connectivity index (χ2v) is 5.57. The molecule has 2 heterocycles. The summed E-state index contributed by atoms with van der Waals surface area (Å²) in [4.78, 5) is 21.4. The maximum atomic E-state index is 11.3. The van der Waals surface area contributed by atoms with Crippen LogP contribution in [-0.2, 0) is 4.79 Å². The Morgan fingerprint density at radius 2 is 2.17 bits per heavy atom. The van der Waals surface area contributed by atoms with Crippen LogP contribution in [0.25, 0.3) is 0 Å². The number of carboxylic acid groups (broad SMARTS) is 1. The Labute approximate surface area is 113 Å². The predicted molar refractivity (Wildman–Crippen MR) is 68.3 cm³/mol. The summed E-state index contributed by atoms with van der Waals surface area (Å²) in [5, 5.41) is 19.1. The lowest BCUT2D eigenvalue weighted by atomic mass is 9.79. The lowest BCUT2D eigenvalue weighted by molar-refractivity contribution is -0.155. The van der Waals surface area contributed by atoms with Crippen LogP contribution in [0.2, 0.25) is 0 Å². The smallest absolute Gasteiger partial charge is 0.313 e. The van der Waals surface area contributed by atoms with E-state index in [4.69, 9.17) is 0 Å². The molecule has 0 radical (unpaired) electrons. The third-order valence-corrected chi connectivity index (χ3v) is 3.71. The zero-order chi connectivity index (χ0) is 13.3. The van der Waals surface area contributed by atoms with Crippen molar-refractivity contribution in [2.75, 3.05) is 18.0 Å². The molecule has 0 amide bonds. The highest BCUT2D eigenvalue weighted by Gasteiger charge is 2.45. The molecule has 2 unspecified atom stereocenters. The largest absolute Gasteiger partial charge is 0.481 e. The quantitative estimate of drug-likeness (QED) is 0.843. The van der Waals surface area contributed by atoms with Crippen molar-refractivity contribution in [2.45, 2.75) is 19.4 Å². The van der Waals surface area contributed by atoms with Crippen LogP contribution in [0.5, 0.6) is 0 Å². The van der Waals surface area contributed by atoms with Gasteiger partial charge >= 0.3 is 5.97 Å². The highest BCUT2D eigenvalue weighted by Crippen LogP contribution is 2.31. The molecule has 98 valence electrons. The Morgan fingerprint density at radius 3 is 2.72 bits per heavy atom. The molecule has 7 heteroatoms. The van der Waals surface area contributed by atoms with Crippen LogP contribution >= 0.6 is 15.9 Å². The van der Waals surface area contributed by atoms with Crippen molar-refractivity contribution < 1.29 is 15.0 Å². The lowest BCUT2D eigenvalue weighted by Gasteiger charge is -2.40. The van der Waals surface area contributed by atoms with Gasteiger partial charge in [-0.25, -0.2) is 9.97 Å². The van der Waals surface area contributed by atoms with Gasteiger partial charge < -0.3 is 15.1 Å². The molecule has 6 nitrogen and oxygen atoms in total. The second-order valence-electron chi connectivity index (χ2n) is 4.65. The Bertz CT molecular complexity index is 453. The van der Waals surface area contributed by atoms with Crippen LogP contribution < -0.4 is 4.90 Å². The van der Waals surface area contributed by atoms with Crippen molar-refractivity contribution >= 4 is 27.8 Å². The van der Waals surface area contributed by atoms with Gasteiger partial charge in [0.1, 0.15) is 5.41 Å². The minimum Gasteiger partial charge on any atom is -0.481 e. The Morgan fingerprint density at radius 1 is 1.56 bits per heavy atom. The number of piperidine rings is 1. The SMILES string of the molecule is CC1(C(=O)O)CN(c2ncc(Br)cn2)CCC1O. The highest BCUT2D eigenvalue weighted by atomic mass is 79.9.